The second-order valence-electron chi connectivity index (χ2n) is 4.10. The molecule has 0 N–H and O–H groups in total. The van der Waals surface area contributed by atoms with Crippen LogP contribution < -0.4 is 4.74 Å². The minimum absolute atomic E-state index is 0.297. The molecule has 0 heterocycles. The molecule has 1 atom stereocenters. The molecule has 0 aliphatic heterocycles. The molecule has 0 saturated carbocycles. The highest BCUT2D eigenvalue weighted by Crippen LogP contribution is 2.27. The molecule has 120 valence electrons. The van der Waals surface area contributed by atoms with Crippen molar-refractivity contribution in [1.82, 2.24) is 0 Å². The minimum Gasteiger partial charge on any atom is -0.495 e. The molecule has 1 aromatic carbocycles. The highest BCUT2D eigenvalue weighted by atomic mass is 35.5. The molecule has 0 radical (unpaired) electrons. The van der Waals surface area contributed by atoms with Crippen LogP contribution in [0.25, 0.3) is 0 Å². The van der Waals surface area contributed by atoms with Crippen LogP contribution >= 0.6 is 11.6 Å². The van der Waals surface area contributed by atoms with Crippen molar-refractivity contribution >= 4 is 28.0 Å². The molecule has 7 heteroatoms. The van der Waals surface area contributed by atoms with Gasteiger partial charge >= 0.3 is 0 Å². The number of aliphatic imine (C=N–C) groups is 1. The zero-order valence-corrected chi connectivity index (χ0v) is 14.3. The number of methoxy groups -OCH3 is 1. The molecule has 0 aliphatic rings. The lowest BCUT2D eigenvalue weighted by Gasteiger charge is -2.09. The smallest absolute Gasteiger partial charge is 0.215 e. The number of para-hydroxylation sites is 1. The van der Waals surface area contributed by atoms with E-state index >= 15 is 0 Å². The van der Waals surface area contributed by atoms with Gasteiger partial charge in [-0.25, -0.2) is 4.21 Å². The molecule has 0 saturated heterocycles. The van der Waals surface area contributed by atoms with E-state index in [-0.39, 0.29) is 0 Å². The summed E-state index contributed by atoms with van der Waals surface area (Å²) in [7, 11) is -1.71. The SMILES string of the molecule is C=NC(/C=C/S(=O)(=NC#N)c1ccccc1OC)=C(Cl)\C=C/C. The number of halogens is 1. The molecule has 0 amide bonds. The van der Waals surface area contributed by atoms with Gasteiger partial charge < -0.3 is 4.74 Å². The fraction of sp³-hybridized carbons (Fsp3) is 0.125. The summed E-state index contributed by atoms with van der Waals surface area (Å²) < 4.78 is 21.8. The minimum atomic E-state index is -3.16. The zero-order chi connectivity index (χ0) is 17.3. The van der Waals surface area contributed by atoms with Gasteiger partial charge in [0.15, 0.2) is 0 Å². The second kappa shape index (κ2) is 8.93. The summed E-state index contributed by atoms with van der Waals surface area (Å²) in [6.07, 6.45) is 6.37. The summed E-state index contributed by atoms with van der Waals surface area (Å²) in [5.41, 5.74) is 0.320. The first-order valence-corrected chi connectivity index (χ1v) is 8.43. The highest BCUT2D eigenvalue weighted by molar-refractivity contribution is 7.96. The van der Waals surface area contributed by atoms with E-state index in [9.17, 15) is 4.21 Å². The van der Waals surface area contributed by atoms with Gasteiger partial charge in [-0.3, -0.25) is 4.99 Å². The van der Waals surface area contributed by atoms with E-state index in [1.807, 2.05) is 0 Å². The molecule has 1 aromatic rings. The number of hydrogen-bond donors (Lipinski definition) is 0. The predicted molar refractivity (Wildman–Crippen MR) is 93.8 cm³/mol. The van der Waals surface area contributed by atoms with E-state index in [2.05, 4.69) is 16.1 Å². The Morgan fingerprint density at radius 3 is 2.70 bits per heavy atom. The largest absolute Gasteiger partial charge is 0.495 e. The number of nitriles is 1. The lowest BCUT2D eigenvalue weighted by atomic mass is 10.3. The lowest BCUT2D eigenvalue weighted by molar-refractivity contribution is 0.404. The monoisotopic (exact) mass is 349 g/mol. The van der Waals surface area contributed by atoms with Gasteiger partial charge in [0.2, 0.25) is 6.19 Å². The lowest BCUT2D eigenvalue weighted by Crippen LogP contribution is -2.00. The van der Waals surface area contributed by atoms with Gasteiger partial charge in [0.1, 0.15) is 15.5 Å². The molecule has 1 rings (SSSR count). The van der Waals surface area contributed by atoms with Crippen LogP contribution in [0.4, 0.5) is 0 Å². The average Bonchev–Trinajstić information content (AvgIpc) is 2.56. The summed E-state index contributed by atoms with van der Waals surface area (Å²) in [5, 5.41) is 10.5. The van der Waals surface area contributed by atoms with Crippen LogP contribution in [-0.4, -0.2) is 18.0 Å². The van der Waals surface area contributed by atoms with Gasteiger partial charge in [-0.15, -0.1) is 4.36 Å². The highest BCUT2D eigenvalue weighted by Gasteiger charge is 2.15. The van der Waals surface area contributed by atoms with Crippen molar-refractivity contribution in [2.75, 3.05) is 7.11 Å². The van der Waals surface area contributed by atoms with Gasteiger partial charge in [-0.05, 0) is 37.9 Å². The first-order chi connectivity index (χ1) is 11.0. The summed E-state index contributed by atoms with van der Waals surface area (Å²) >= 11 is 6.05. The molecule has 0 fully saturated rings. The Bertz CT molecular complexity index is 826. The van der Waals surface area contributed by atoms with Crippen molar-refractivity contribution in [1.29, 1.82) is 5.26 Å². The first-order valence-electron chi connectivity index (χ1n) is 6.48. The first kappa shape index (κ1) is 18.7. The van der Waals surface area contributed by atoms with E-state index in [4.69, 9.17) is 21.6 Å². The third kappa shape index (κ3) is 4.81. The topological polar surface area (TPSA) is 74.8 Å². The number of hydrogen-bond acceptors (Lipinski definition) is 5. The van der Waals surface area contributed by atoms with Crippen molar-refractivity contribution in [3.05, 3.63) is 58.6 Å². The third-order valence-electron chi connectivity index (χ3n) is 2.70. The molecular formula is C16H16ClN3O2S. The van der Waals surface area contributed by atoms with Crippen molar-refractivity contribution in [2.24, 2.45) is 9.36 Å². The number of rotatable bonds is 6. The Kier molecular flexibility index (Phi) is 7.26. The number of ether oxygens (including phenoxy) is 1. The third-order valence-corrected chi connectivity index (χ3v) is 4.84. The fourth-order valence-electron chi connectivity index (χ4n) is 1.67. The van der Waals surface area contributed by atoms with E-state index in [0.29, 0.717) is 21.4 Å². The van der Waals surface area contributed by atoms with Crippen molar-refractivity contribution in [2.45, 2.75) is 11.8 Å². The van der Waals surface area contributed by atoms with Crippen molar-refractivity contribution < 1.29 is 8.95 Å². The summed E-state index contributed by atoms with van der Waals surface area (Å²) in [6.45, 7) is 5.23. The average molecular weight is 350 g/mol. The standard InChI is InChI=1S/C16H16ClN3O2S/c1-4-7-13(17)14(19-2)10-11-23(21,20-12-18)16-9-6-5-8-15(16)22-3/h4-11H,2H2,1,3H3/b7-4-,11-10+,14-13+. The number of allylic oxidation sites excluding steroid dienone is 4. The van der Waals surface area contributed by atoms with E-state index in [1.165, 1.54) is 18.6 Å². The molecule has 5 nitrogen and oxygen atoms in total. The fourth-order valence-corrected chi connectivity index (χ4v) is 3.37. The van der Waals surface area contributed by atoms with Gasteiger partial charge in [0.05, 0.1) is 22.7 Å². The van der Waals surface area contributed by atoms with E-state index in [1.54, 1.807) is 49.5 Å². The molecule has 0 spiro atoms. The molecule has 23 heavy (non-hydrogen) atoms. The Hall–Kier alpha value is -2.36. The molecular weight excluding hydrogens is 334 g/mol. The van der Waals surface area contributed by atoms with Crippen LogP contribution in [0.2, 0.25) is 0 Å². The molecule has 0 aromatic heterocycles. The maximum absolute atomic E-state index is 13.1. The van der Waals surface area contributed by atoms with Gasteiger partial charge in [0, 0.05) is 5.41 Å². The number of nitrogens with zero attached hydrogens (tertiary/aromatic N) is 3. The van der Waals surface area contributed by atoms with Crippen LogP contribution in [0, 0.1) is 11.5 Å². The second-order valence-corrected chi connectivity index (χ2v) is 6.54. The summed E-state index contributed by atoms with van der Waals surface area (Å²) in [5.74, 6) is 0.373. The quantitative estimate of drug-likeness (QED) is 0.438. The van der Waals surface area contributed by atoms with E-state index < -0.39 is 9.73 Å². The Morgan fingerprint density at radius 1 is 1.43 bits per heavy atom. The van der Waals surface area contributed by atoms with Crippen LogP contribution in [0.15, 0.2) is 72.9 Å². The van der Waals surface area contributed by atoms with Gasteiger partial charge in [-0.2, -0.15) is 5.26 Å². The van der Waals surface area contributed by atoms with E-state index in [0.717, 1.165) is 0 Å². The maximum Gasteiger partial charge on any atom is 0.215 e. The van der Waals surface area contributed by atoms with Crippen LogP contribution in [0.3, 0.4) is 0 Å². The van der Waals surface area contributed by atoms with Crippen molar-refractivity contribution in [3.63, 3.8) is 0 Å². The normalized spacial score (nSPS) is 14.9. The Morgan fingerprint density at radius 2 is 2.13 bits per heavy atom. The Labute approximate surface area is 141 Å². The Balaban J connectivity index is 3.50. The van der Waals surface area contributed by atoms with Crippen molar-refractivity contribution in [3.8, 4) is 11.9 Å². The van der Waals surface area contributed by atoms with Gasteiger partial charge in [0.25, 0.3) is 0 Å². The summed E-state index contributed by atoms with van der Waals surface area (Å²) in [6, 6.07) is 6.65. The van der Waals surface area contributed by atoms with Crippen LogP contribution in [-0.2, 0) is 9.73 Å². The van der Waals surface area contributed by atoms with Gasteiger partial charge in [-0.1, -0.05) is 29.8 Å². The van der Waals surface area contributed by atoms with Crippen LogP contribution in [0.1, 0.15) is 6.92 Å². The maximum atomic E-state index is 13.1. The van der Waals surface area contributed by atoms with Crippen LogP contribution in [0.5, 0.6) is 5.75 Å². The molecule has 0 aliphatic carbocycles. The predicted octanol–water partition coefficient (Wildman–Crippen LogP) is 4.24. The molecule has 1 unspecified atom stereocenters. The summed E-state index contributed by atoms with van der Waals surface area (Å²) in [4.78, 5) is 4.08. The molecule has 0 bridgehead atoms. The number of benzene rings is 1. The zero-order valence-electron chi connectivity index (χ0n) is 12.8.